The van der Waals surface area contributed by atoms with E-state index in [-0.39, 0.29) is 0 Å². The van der Waals surface area contributed by atoms with E-state index in [0.29, 0.717) is 6.04 Å². The van der Waals surface area contributed by atoms with Gasteiger partial charge in [0.05, 0.1) is 0 Å². The minimum Gasteiger partial charge on any atom is -0.328 e. The summed E-state index contributed by atoms with van der Waals surface area (Å²) in [4.78, 5) is 2.50. The van der Waals surface area contributed by atoms with Gasteiger partial charge < -0.3 is 5.73 Å². The first-order valence-electron chi connectivity index (χ1n) is 6.36. The lowest BCUT2D eigenvalue weighted by atomic mass is 10.0. The number of rotatable bonds is 4. The van der Waals surface area contributed by atoms with E-state index in [1.165, 1.54) is 25.1 Å². The van der Waals surface area contributed by atoms with Crippen LogP contribution < -0.4 is 5.73 Å². The van der Waals surface area contributed by atoms with Gasteiger partial charge in [-0.1, -0.05) is 23.7 Å². The predicted octanol–water partition coefficient (Wildman–Crippen LogP) is 2.90. The second-order valence-electron chi connectivity index (χ2n) is 5.23. The van der Waals surface area contributed by atoms with Crippen molar-refractivity contribution in [3.63, 3.8) is 0 Å². The third-order valence-corrected chi connectivity index (χ3v) is 3.61. The fourth-order valence-electron chi connectivity index (χ4n) is 2.67. The molecule has 0 aliphatic carbocycles. The van der Waals surface area contributed by atoms with Gasteiger partial charge in [-0.25, -0.2) is 0 Å². The van der Waals surface area contributed by atoms with Crippen molar-refractivity contribution in [2.24, 2.45) is 11.7 Å². The first-order chi connectivity index (χ1) is 8.13. The van der Waals surface area contributed by atoms with Crippen LogP contribution >= 0.6 is 11.6 Å². The molecule has 2 unspecified atom stereocenters. The molecule has 1 fully saturated rings. The number of hydrogen-bond acceptors (Lipinski definition) is 2. The van der Waals surface area contributed by atoms with Crippen molar-refractivity contribution >= 4 is 11.6 Å². The molecule has 2 rings (SSSR count). The molecule has 94 valence electrons. The van der Waals surface area contributed by atoms with Crippen molar-refractivity contribution in [2.45, 2.75) is 32.4 Å². The first-order valence-corrected chi connectivity index (χ1v) is 6.73. The largest absolute Gasteiger partial charge is 0.328 e. The maximum Gasteiger partial charge on any atom is 0.0409 e. The van der Waals surface area contributed by atoms with E-state index < -0.39 is 0 Å². The van der Waals surface area contributed by atoms with Gasteiger partial charge in [-0.3, -0.25) is 4.90 Å². The van der Waals surface area contributed by atoms with Crippen molar-refractivity contribution in [2.75, 3.05) is 13.1 Å². The highest BCUT2D eigenvalue weighted by Gasteiger charge is 2.22. The Bertz CT molecular complexity index is 365. The maximum absolute atomic E-state index is 5.99. The Morgan fingerprint density at radius 3 is 3.06 bits per heavy atom. The molecule has 0 spiro atoms. The molecule has 1 aromatic rings. The highest BCUT2D eigenvalue weighted by Crippen LogP contribution is 2.22. The molecule has 1 saturated heterocycles. The van der Waals surface area contributed by atoms with E-state index in [0.717, 1.165) is 23.9 Å². The molecule has 1 aliphatic heterocycles. The first kappa shape index (κ1) is 12.9. The lowest BCUT2D eigenvalue weighted by Crippen LogP contribution is -2.23. The number of likely N-dealkylation sites (tertiary alicyclic amines) is 1. The zero-order valence-electron chi connectivity index (χ0n) is 10.4. The molecule has 2 N–H and O–H groups in total. The van der Waals surface area contributed by atoms with Crippen molar-refractivity contribution in [1.82, 2.24) is 4.90 Å². The van der Waals surface area contributed by atoms with Crippen LogP contribution in [0.3, 0.4) is 0 Å². The van der Waals surface area contributed by atoms with Gasteiger partial charge in [-0.05, 0) is 49.9 Å². The van der Waals surface area contributed by atoms with E-state index in [1.807, 2.05) is 12.1 Å². The summed E-state index contributed by atoms with van der Waals surface area (Å²) in [5.74, 6) is 0.772. The standard InChI is InChI=1S/C14H21ClN2/c1-11(16)7-13-5-6-17(10-13)9-12-3-2-4-14(15)8-12/h2-4,8,11,13H,5-7,9-10,16H2,1H3. The van der Waals surface area contributed by atoms with E-state index in [9.17, 15) is 0 Å². The van der Waals surface area contributed by atoms with Gasteiger partial charge >= 0.3 is 0 Å². The second kappa shape index (κ2) is 5.85. The highest BCUT2D eigenvalue weighted by molar-refractivity contribution is 6.30. The van der Waals surface area contributed by atoms with E-state index in [1.54, 1.807) is 0 Å². The maximum atomic E-state index is 5.99. The molecular weight excluding hydrogens is 232 g/mol. The van der Waals surface area contributed by atoms with Crippen molar-refractivity contribution in [1.29, 1.82) is 0 Å². The molecule has 0 saturated carbocycles. The lowest BCUT2D eigenvalue weighted by Gasteiger charge is -2.17. The third-order valence-electron chi connectivity index (χ3n) is 3.37. The highest BCUT2D eigenvalue weighted by atomic mass is 35.5. The van der Waals surface area contributed by atoms with Crippen LogP contribution in [0.5, 0.6) is 0 Å². The number of halogens is 1. The van der Waals surface area contributed by atoms with Crippen LogP contribution in [0.2, 0.25) is 5.02 Å². The molecule has 17 heavy (non-hydrogen) atoms. The molecule has 3 heteroatoms. The summed E-state index contributed by atoms with van der Waals surface area (Å²) in [5.41, 5.74) is 7.16. The summed E-state index contributed by atoms with van der Waals surface area (Å²) in [6, 6.07) is 8.47. The summed E-state index contributed by atoms with van der Waals surface area (Å²) in [7, 11) is 0. The minimum absolute atomic E-state index is 0.325. The number of nitrogens with zero attached hydrogens (tertiary/aromatic N) is 1. The lowest BCUT2D eigenvalue weighted by molar-refractivity contribution is 0.310. The zero-order valence-corrected chi connectivity index (χ0v) is 11.2. The van der Waals surface area contributed by atoms with Crippen LogP contribution in [0.25, 0.3) is 0 Å². The molecule has 0 bridgehead atoms. The minimum atomic E-state index is 0.325. The Balaban J connectivity index is 1.85. The van der Waals surface area contributed by atoms with Crippen LogP contribution in [-0.2, 0) is 6.54 Å². The summed E-state index contributed by atoms with van der Waals surface area (Å²) in [6.45, 7) is 5.47. The van der Waals surface area contributed by atoms with Gasteiger partial charge in [0.15, 0.2) is 0 Å². The Morgan fingerprint density at radius 2 is 2.35 bits per heavy atom. The molecule has 0 amide bonds. The normalized spacial score (nSPS) is 22.9. The van der Waals surface area contributed by atoms with Crippen LogP contribution in [0.4, 0.5) is 0 Å². The van der Waals surface area contributed by atoms with E-state index >= 15 is 0 Å². The topological polar surface area (TPSA) is 29.3 Å². The third kappa shape index (κ3) is 3.98. The van der Waals surface area contributed by atoms with Crippen molar-refractivity contribution in [3.05, 3.63) is 34.9 Å². The summed E-state index contributed by atoms with van der Waals surface area (Å²) in [5, 5.41) is 0.828. The van der Waals surface area contributed by atoms with Gasteiger partial charge in [-0.2, -0.15) is 0 Å². The number of nitrogens with two attached hydrogens (primary N) is 1. The summed E-state index contributed by atoms with van der Waals surface area (Å²) in [6.07, 6.45) is 2.42. The Kier molecular flexibility index (Phi) is 4.43. The Hall–Kier alpha value is -0.570. The molecule has 1 aromatic carbocycles. The Morgan fingerprint density at radius 1 is 1.53 bits per heavy atom. The zero-order chi connectivity index (χ0) is 12.3. The smallest absolute Gasteiger partial charge is 0.0409 e. The molecule has 0 radical (unpaired) electrons. The van der Waals surface area contributed by atoms with Gasteiger partial charge in [-0.15, -0.1) is 0 Å². The second-order valence-corrected chi connectivity index (χ2v) is 5.67. The van der Waals surface area contributed by atoms with E-state index in [2.05, 4.69) is 24.0 Å². The van der Waals surface area contributed by atoms with Gasteiger partial charge in [0.2, 0.25) is 0 Å². The molecule has 1 aliphatic rings. The molecule has 2 nitrogen and oxygen atoms in total. The van der Waals surface area contributed by atoms with E-state index in [4.69, 9.17) is 17.3 Å². The number of hydrogen-bond donors (Lipinski definition) is 1. The van der Waals surface area contributed by atoms with Crippen molar-refractivity contribution in [3.8, 4) is 0 Å². The van der Waals surface area contributed by atoms with Crippen molar-refractivity contribution < 1.29 is 0 Å². The molecule has 2 atom stereocenters. The molecule has 1 heterocycles. The average molecular weight is 253 g/mol. The molecule has 0 aromatic heterocycles. The van der Waals surface area contributed by atoms with Crippen LogP contribution in [0.15, 0.2) is 24.3 Å². The fraction of sp³-hybridized carbons (Fsp3) is 0.571. The fourth-order valence-corrected chi connectivity index (χ4v) is 2.88. The quantitative estimate of drug-likeness (QED) is 0.893. The predicted molar refractivity (Wildman–Crippen MR) is 73.1 cm³/mol. The molecular formula is C14H21ClN2. The van der Waals surface area contributed by atoms with Gasteiger partial charge in [0, 0.05) is 24.2 Å². The van der Waals surface area contributed by atoms with Gasteiger partial charge in [0.25, 0.3) is 0 Å². The summed E-state index contributed by atoms with van der Waals surface area (Å²) >= 11 is 5.99. The van der Waals surface area contributed by atoms with Crippen LogP contribution in [-0.4, -0.2) is 24.0 Å². The number of benzene rings is 1. The summed E-state index contributed by atoms with van der Waals surface area (Å²) < 4.78 is 0. The SMILES string of the molecule is CC(N)CC1CCN(Cc2cccc(Cl)c2)C1. The Labute approximate surface area is 109 Å². The van der Waals surface area contributed by atoms with Crippen LogP contribution in [0, 0.1) is 5.92 Å². The van der Waals surface area contributed by atoms with Crippen LogP contribution in [0.1, 0.15) is 25.3 Å². The van der Waals surface area contributed by atoms with Gasteiger partial charge in [0.1, 0.15) is 0 Å². The average Bonchev–Trinajstić information content (AvgIpc) is 2.64. The monoisotopic (exact) mass is 252 g/mol.